The Morgan fingerprint density at radius 2 is 1.81 bits per heavy atom. The lowest BCUT2D eigenvalue weighted by Gasteiger charge is -2.45. The van der Waals surface area contributed by atoms with Crippen LogP contribution in [0.2, 0.25) is 0 Å². The maximum absolute atomic E-state index is 13.3. The molecule has 5 heterocycles. The molecule has 5 atom stereocenters. The largest absolute Gasteiger partial charge is 0.313 e. The summed E-state index contributed by atoms with van der Waals surface area (Å²) in [6.45, 7) is 3.81. The predicted octanol–water partition coefficient (Wildman–Crippen LogP) is 0.518. The maximum atomic E-state index is 13.3. The molecule has 5 fully saturated rings. The zero-order valence-electron chi connectivity index (χ0n) is 17.3. The Balaban J connectivity index is 1.25. The average molecular weight is 422 g/mol. The quantitative estimate of drug-likeness (QED) is 0.689. The summed E-state index contributed by atoms with van der Waals surface area (Å²) in [5, 5.41) is 5.94. The van der Waals surface area contributed by atoms with E-state index in [0.717, 1.165) is 36.0 Å². The standard InChI is InChI=1S/C23H26N4O4/c28-19-7-6-18(21(29)25-19)27-22(30)14-3-1-2-13(20(14)23(27)31)9-26-10-15-12-4-5-17(24-8-12)16(15)11-26/h1-3,12,15-18,24H,4-11H2,(H,25,28,29). The fraction of sp³-hybridized carbons (Fsp3) is 0.565. The van der Waals surface area contributed by atoms with E-state index in [0.29, 0.717) is 35.5 Å². The fourth-order valence-corrected chi connectivity index (χ4v) is 6.58. The highest BCUT2D eigenvalue weighted by molar-refractivity contribution is 6.24. The summed E-state index contributed by atoms with van der Waals surface area (Å²) in [6, 6.07) is 5.09. The number of benzene rings is 1. The molecule has 5 aliphatic heterocycles. The highest BCUT2D eigenvalue weighted by Crippen LogP contribution is 2.44. The van der Waals surface area contributed by atoms with Crippen molar-refractivity contribution in [2.75, 3.05) is 19.6 Å². The van der Waals surface area contributed by atoms with Gasteiger partial charge in [-0.3, -0.25) is 34.3 Å². The zero-order chi connectivity index (χ0) is 21.3. The van der Waals surface area contributed by atoms with Crippen LogP contribution in [0.1, 0.15) is 52.0 Å². The normalized spacial score (nSPS) is 34.8. The first-order valence-electron chi connectivity index (χ1n) is 11.3. The summed E-state index contributed by atoms with van der Waals surface area (Å²) in [6.07, 6.45) is 2.87. The number of hydrogen-bond donors (Lipinski definition) is 2. The monoisotopic (exact) mass is 422 g/mol. The second kappa shape index (κ2) is 6.97. The number of likely N-dealkylation sites (tertiary alicyclic amines) is 1. The van der Waals surface area contributed by atoms with Crippen LogP contribution in [0, 0.1) is 17.8 Å². The van der Waals surface area contributed by atoms with Crippen LogP contribution < -0.4 is 10.6 Å². The number of fused-ring (bicyclic) bond motifs is 3. The molecule has 2 N–H and O–H groups in total. The lowest BCUT2D eigenvalue weighted by Crippen LogP contribution is -2.54. The lowest BCUT2D eigenvalue weighted by molar-refractivity contribution is -0.136. The average Bonchev–Trinajstić information content (AvgIpc) is 3.31. The highest BCUT2D eigenvalue weighted by Gasteiger charge is 2.49. The molecule has 8 nitrogen and oxygen atoms in total. The number of carbonyl (C=O) groups is 4. The molecule has 0 radical (unpaired) electrons. The first-order chi connectivity index (χ1) is 15.0. The summed E-state index contributed by atoms with van der Waals surface area (Å²) >= 11 is 0. The van der Waals surface area contributed by atoms with Crippen molar-refractivity contribution in [3.05, 3.63) is 34.9 Å². The Morgan fingerprint density at radius 1 is 0.968 bits per heavy atom. The van der Waals surface area contributed by atoms with Gasteiger partial charge in [0.05, 0.1) is 11.1 Å². The third kappa shape index (κ3) is 2.88. The van der Waals surface area contributed by atoms with Crippen molar-refractivity contribution < 1.29 is 19.2 Å². The van der Waals surface area contributed by atoms with Gasteiger partial charge < -0.3 is 5.32 Å². The van der Waals surface area contributed by atoms with E-state index in [1.54, 1.807) is 6.07 Å². The van der Waals surface area contributed by atoms with E-state index >= 15 is 0 Å². The smallest absolute Gasteiger partial charge is 0.262 e. The molecule has 1 saturated carbocycles. The Kier molecular flexibility index (Phi) is 4.30. The van der Waals surface area contributed by atoms with Crippen molar-refractivity contribution in [3.8, 4) is 0 Å². The second-order valence-electron chi connectivity index (χ2n) is 9.66. The molecule has 1 aromatic rings. The Morgan fingerprint density at radius 3 is 2.55 bits per heavy atom. The van der Waals surface area contributed by atoms with Gasteiger partial charge in [-0.05, 0) is 55.2 Å². The van der Waals surface area contributed by atoms with Gasteiger partial charge in [-0.25, -0.2) is 0 Å². The molecule has 1 aromatic carbocycles. The summed E-state index contributed by atoms with van der Waals surface area (Å²) in [4.78, 5) is 53.6. The van der Waals surface area contributed by atoms with E-state index in [4.69, 9.17) is 0 Å². The Bertz CT molecular complexity index is 979. The molecule has 4 amide bonds. The summed E-state index contributed by atoms with van der Waals surface area (Å²) in [7, 11) is 0. The van der Waals surface area contributed by atoms with Crippen molar-refractivity contribution >= 4 is 23.6 Å². The van der Waals surface area contributed by atoms with Crippen LogP contribution in [0.5, 0.6) is 0 Å². The first-order valence-corrected chi connectivity index (χ1v) is 11.3. The molecule has 1 aliphatic carbocycles. The molecule has 5 unspecified atom stereocenters. The van der Waals surface area contributed by atoms with Gasteiger partial charge in [-0.1, -0.05) is 12.1 Å². The number of carbonyl (C=O) groups excluding carboxylic acids is 4. The van der Waals surface area contributed by atoms with E-state index < -0.39 is 23.8 Å². The van der Waals surface area contributed by atoms with E-state index in [1.807, 2.05) is 12.1 Å². The summed E-state index contributed by atoms with van der Waals surface area (Å²) in [5.74, 6) is 0.344. The van der Waals surface area contributed by atoms with Gasteiger partial charge in [0, 0.05) is 32.1 Å². The molecular weight excluding hydrogens is 396 g/mol. The van der Waals surface area contributed by atoms with Crippen LogP contribution in [-0.4, -0.2) is 65.1 Å². The van der Waals surface area contributed by atoms with Gasteiger partial charge in [0.1, 0.15) is 6.04 Å². The SMILES string of the molecule is O=C1CCC(N2C(=O)c3cccc(CN4CC5C6CCC(NC6)C5C4)c3C2=O)C(=O)N1. The predicted molar refractivity (Wildman–Crippen MR) is 110 cm³/mol. The number of piperidine rings is 3. The maximum Gasteiger partial charge on any atom is 0.262 e. The zero-order valence-corrected chi connectivity index (χ0v) is 17.3. The van der Waals surface area contributed by atoms with Gasteiger partial charge in [0.2, 0.25) is 11.8 Å². The summed E-state index contributed by atoms with van der Waals surface area (Å²) < 4.78 is 0. The highest BCUT2D eigenvalue weighted by atomic mass is 16.2. The third-order valence-electron chi connectivity index (χ3n) is 8.05. The van der Waals surface area contributed by atoms with Gasteiger partial charge in [0.15, 0.2) is 0 Å². The van der Waals surface area contributed by atoms with Crippen LogP contribution in [0.3, 0.4) is 0 Å². The van der Waals surface area contributed by atoms with Crippen LogP contribution >= 0.6 is 0 Å². The number of imide groups is 2. The number of hydrogen-bond acceptors (Lipinski definition) is 6. The van der Waals surface area contributed by atoms with E-state index in [2.05, 4.69) is 15.5 Å². The minimum atomic E-state index is -0.922. The van der Waals surface area contributed by atoms with Crippen LogP contribution in [0.25, 0.3) is 0 Å². The number of nitrogens with zero attached hydrogens (tertiary/aromatic N) is 2. The summed E-state index contributed by atoms with van der Waals surface area (Å²) in [5.41, 5.74) is 1.64. The van der Waals surface area contributed by atoms with E-state index in [1.165, 1.54) is 12.8 Å². The topological polar surface area (TPSA) is 98.8 Å². The third-order valence-corrected chi connectivity index (χ3v) is 8.05. The van der Waals surface area contributed by atoms with Gasteiger partial charge in [-0.15, -0.1) is 0 Å². The molecule has 2 bridgehead atoms. The van der Waals surface area contributed by atoms with E-state index in [9.17, 15) is 19.2 Å². The van der Waals surface area contributed by atoms with Crippen molar-refractivity contribution in [3.63, 3.8) is 0 Å². The second-order valence-corrected chi connectivity index (χ2v) is 9.66. The van der Waals surface area contributed by atoms with Crippen molar-refractivity contribution in [1.29, 1.82) is 0 Å². The van der Waals surface area contributed by atoms with Crippen LogP contribution in [-0.2, 0) is 16.1 Å². The van der Waals surface area contributed by atoms with Gasteiger partial charge in [0.25, 0.3) is 11.8 Å². The number of nitrogens with one attached hydrogen (secondary N) is 2. The Hall–Kier alpha value is -2.58. The molecular formula is C23H26N4O4. The van der Waals surface area contributed by atoms with Gasteiger partial charge in [-0.2, -0.15) is 0 Å². The molecule has 162 valence electrons. The molecule has 7 rings (SSSR count). The molecule has 0 spiro atoms. The molecule has 8 heteroatoms. The first kappa shape index (κ1) is 19.1. The fourth-order valence-electron chi connectivity index (χ4n) is 6.58. The number of rotatable bonds is 3. The van der Waals surface area contributed by atoms with Crippen LogP contribution in [0.4, 0.5) is 0 Å². The van der Waals surface area contributed by atoms with Crippen molar-refractivity contribution in [1.82, 2.24) is 20.4 Å². The minimum absolute atomic E-state index is 0.129. The van der Waals surface area contributed by atoms with Crippen molar-refractivity contribution in [2.45, 2.75) is 44.3 Å². The van der Waals surface area contributed by atoms with E-state index in [-0.39, 0.29) is 18.7 Å². The van der Waals surface area contributed by atoms with Gasteiger partial charge >= 0.3 is 0 Å². The lowest BCUT2D eigenvalue weighted by atomic mass is 9.68. The number of amides is 4. The molecule has 31 heavy (non-hydrogen) atoms. The minimum Gasteiger partial charge on any atom is -0.313 e. The molecule has 4 saturated heterocycles. The molecule has 6 aliphatic rings. The van der Waals surface area contributed by atoms with Crippen molar-refractivity contribution in [2.24, 2.45) is 17.8 Å². The molecule has 0 aromatic heterocycles. The Labute approximate surface area is 180 Å². The van der Waals surface area contributed by atoms with Crippen LogP contribution in [0.15, 0.2) is 18.2 Å².